The number of carbonyl (C=O) groups excluding carboxylic acids is 2. The molecule has 9 nitrogen and oxygen atoms in total. The number of aryl methyl sites for hydroxylation is 1. The van der Waals surface area contributed by atoms with E-state index in [1.165, 1.54) is 12.4 Å². The second-order valence-electron chi connectivity index (χ2n) is 7.65. The Bertz CT molecular complexity index is 913. The van der Waals surface area contributed by atoms with Crippen LogP contribution in [0.4, 0.5) is 21.1 Å². The molecular weight excluding hydrogens is 338 g/mol. The highest BCUT2D eigenvalue weighted by atomic mass is 16.6. The molecule has 2 heterocycles. The number of hydrogen-bond acceptors (Lipinski definition) is 7. The topological polar surface area (TPSA) is 113 Å². The van der Waals surface area contributed by atoms with E-state index in [9.17, 15) is 9.59 Å². The average molecular weight is 366 g/mol. The molecule has 142 valence electrons. The maximum absolute atomic E-state index is 12.9. The van der Waals surface area contributed by atoms with Crippen LogP contribution in [-0.4, -0.2) is 38.2 Å². The molecule has 2 rings (SSSR count). The Morgan fingerprint density at radius 1 is 1.12 bits per heavy atom. The summed E-state index contributed by atoms with van der Waals surface area (Å²) < 4.78 is 34.4. The second-order valence-corrected chi connectivity index (χ2v) is 7.65. The number of ether oxygens (including phenoxy) is 2. The van der Waals surface area contributed by atoms with E-state index in [1.807, 2.05) is 0 Å². The number of nitrogens with two attached hydrogens (primary N) is 1. The fraction of sp³-hybridized carbons (Fsp3) is 0.529. The SMILES string of the molecule is [2H]C([2H])([2H])n1ncc2c(N)cnc(N(C(=O)OC(C)(C)C)C(=O)OC(C)(C)C)c21. The number of fused-ring (bicyclic) bond motifs is 1. The van der Waals surface area contributed by atoms with Gasteiger partial charge in [0.2, 0.25) is 0 Å². The van der Waals surface area contributed by atoms with Crippen LogP contribution in [0.5, 0.6) is 0 Å². The summed E-state index contributed by atoms with van der Waals surface area (Å²) in [5.74, 6) is -0.314. The predicted octanol–water partition coefficient (Wildman–Crippen LogP) is 3.23. The quantitative estimate of drug-likeness (QED) is 0.824. The molecule has 0 radical (unpaired) electrons. The van der Waals surface area contributed by atoms with E-state index in [0.29, 0.717) is 9.58 Å². The van der Waals surface area contributed by atoms with Crippen molar-refractivity contribution in [3.05, 3.63) is 12.4 Å². The van der Waals surface area contributed by atoms with Crippen LogP contribution >= 0.6 is 0 Å². The fourth-order valence-corrected chi connectivity index (χ4v) is 2.06. The molecule has 0 saturated heterocycles. The number of anilines is 2. The molecule has 0 bridgehead atoms. The van der Waals surface area contributed by atoms with Crippen molar-refractivity contribution in [3.8, 4) is 0 Å². The summed E-state index contributed by atoms with van der Waals surface area (Å²) in [5.41, 5.74) is 4.02. The number of pyridine rings is 1. The molecule has 9 heteroatoms. The lowest BCUT2D eigenvalue weighted by molar-refractivity contribution is 0.0429. The van der Waals surface area contributed by atoms with Crippen LogP contribution in [0, 0.1) is 0 Å². The first kappa shape index (κ1) is 15.4. The predicted molar refractivity (Wildman–Crippen MR) is 97.9 cm³/mol. The maximum Gasteiger partial charge on any atom is 0.425 e. The molecule has 2 aromatic heterocycles. The molecule has 0 aliphatic heterocycles. The third kappa shape index (κ3) is 4.22. The van der Waals surface area contributed by atoms with Crippen molar-refractivity contribution in [2.75, 3.05) is 10.6 Å². The Morgan fingerprint density at radius 3 is 2.12 bits per heavy atom. The Morgan fingerprint density at radius 2 is 1.65 bits per heavy atom. The molecule has 0 aliphatic rings. The molecular formula is C17H25N5O4. The minimum absolute atomic E-state index is 0.123. The number of hydrogen-bond donors (Lipinski definition) is 1. The Hall–Kier alpha value is -2.84. The van der Waals surface area contributed by atoms with Gasteiger partial charge >= 0.3 is 12.2 Å². The minimum Gasteiger partial charge on any atom is -0.443 e. The van der Waals surface area contributed by atoms with E-state index in [-0.39, 0.29) is 22.4 Å². The summed E-state index contributed by atoms with van der Waals surface area (Å²) in [6.07, 6.45) is 0.266. The summed E-state index contributed by atoms with van der Waals surface area (Å²) in [6.45, 7) is 7.02. The van der Waals surface area contributed by atoms with Crippen LogP contribution in [-0.2, 0) is 16.4 Å². The monoisotopic (exact) mass is 366 g/mol. The summed E-state index contributed by atoms with van der Waals surface area (Å²) in [4.78, 5) is 30.3. The lowest BCUT2D eigenvalue weighted by Gasteiger charge is -2.28. The summed E-state index contributed by atoms with van der Waals surface area (Å²) in [6, 6.07) is 0. The molecule has 2 amide bonds. The zero-order valence-corrected chi connectivity index (χ0v) is 15.7. The third-order valence-electron chi connectivity index (χ3n) is 2.98. The van der Waals surface area contributed by atoms with E-state index in [0.717, 1.165) is 0 Å². The molecule has 0 atom stereocenters. The van der Waals surface area contributed by atoms with Gasteiger partial charge in [-0.2, -0.15) is 10.00 Å². The van der Waals surface area contributed by atoms with E-state index in [4.69, 9.17) is 19.3 Å². The van der Waals surface area contributed by atoms with Gasteiger partial charge in [-0.3, -0.25) is 4.68 Å². The molecule has 0 fully saturated rings. The van der Waals surface area contributed by atoms with Gasteiger partial charge in [0.25, 0.3) is 0 Å². The Kier molecular flexibility index (Phi) is 3.84. The zero-order valence-electron chi connectivity index (χ0n) is 18.7. The summed E-state index contributed by atoms with van der Waals surface area (Å²) >= 11 is 0. The first-order chi connectivity index (χ1) is 13.0. The van der Waals surface area contributed by atoms with Crippen LogP contribution in [0.2, 0.25) is 0 Å². The van der Waals surface area contributed by atoms with Crippen LogP contribution in [0.25, 0.3) is 10.9 Å². The molecule has 0 unspecified atom stereocenters. The van der Waals surface area contributed by atoms with Crippen LogP contribution < -0.4 is 10.6 Å². The first-order valence-corrected chi connectivity index (χ1v) is 7.90. The molecule has 26 heavy (non-hydrogen) atoms. The summed E-state index contributed by atoms with van der Waals surface area (Å²) in [5, 5.41) is 4.05. The second kappa shape index (κ2) is 6.47. The fourth-order valence-electron chi connectivity index (χ4n) is 2.06. The van der Waals surface area contributed by atoms with Crippen molar-refractivity contribution in [1.29, 1.82) is 0 Å². The largest absolute Gasteiger partial charge is 0.443 e. The number of rotatable bonds is 1. The highest BCUT2D eigenvalue weighted by molar-refractivity contribution is 6.14. The third-order valence-corrected chi connectivity index (χ3v) is 2.98. The molecule has 0 spiro atoms. The van der Waals surface area contributed by atoms with Gasteiger partial charge in [0.1, 0.15) is 16.7 Å². The Labute approximate surface area is 156 Å². The van der Waals surface area contributed by atoms with E-state index in [2.05, 4.69) is 10.1 Å². The number of nitrogens with zero attached hydrogens (tertiary/aromatic N) is 4. The van der Waals surface area contributed by atoms with Crippen LogP contribution in [0.15, 0.2) is 12.4 Å². The standard InChI is InChI=1S/C17H25N5O4/c1-16(2,3)25-14(23)22(15(24)26-17(4,5)6)13-12-10(8-20-21(12)7)11(18)9-19-13/h8-9H,18H2,1-7H3/i7D3. The van der Waals surface area contributed by atoms with E-state index < -0.39 is 30.4 Å². The number of carbonyl (C=O) groups is 2. The first-order valence-electron chi connectivity index (χ1n) is 9.40. The highest BCUT2D eigenvalue weighted by Gasteiger charge is 2.35. The van der Waals surface area contributed by atoms with Gasteiger partial charge in [-0.1, -0.05) is 0 Å². The van der Waals surface area contributed by atoms with Crippen molar-refractivity contribution >= 4 is 34.6 Å². The lowest BCUT2D eigenvalue weighted by atomic mass is 10.2. The molecule has 2 aromatic rings. The number of amides is 2. The van der Waals surface area contributed by atoms with E-state index >= 15 is 0 Å². The van der Waals surface area contributed by atoms with Gasteiger partial charge in [0.15, 0.2) is 5.82 Å². The average Bonchev–Trinajstić information content (AvgIpc) is 2.92. The number of imide groups is 1. The van der Waals surface area contributed by atoms with Gasteiger partial charge in [0, 0.05) is 16.5 Å². The van der Waals surface area contributed by atoms with Gasteiger partial charge in [0.05, 0.1) is 18.1 Å². The highest BCUT2D eigenvalue weighted by Crippen LogP contribution is 2.30. The smallest absolute Gasteiger partial charge is 0.425 e. The van der Waals surface area contributed by atoms with Crippen molar-refractivity contribution in [3.63, 3.8) is 0 Å². The van der Waals surface area contributed by atoms with E-state index in [1.54, 1.807) is 41.5 Å². The molecule has 0 aliphatic carbocycles. The minimum atomic E-state index is -2.71. The van der Waals surface area contributed by atoms with Gasteiger partial charge in [-0.25, -0.2) is 14.6 Å². The molecule has 2 N–H and O–H groups in total. The molecule has 0 saturated carbocycles. The Balaban J connectivity index is 2.75. The number of nitrogen functional groups attached to an aromatic ring is 1. The van der Waals surface area contributed by atoms with Gasteiger partial charge < -0.3 is 15.2 Å². The summed E-state index contributed by atoms with van der Waals surface area (Å²) in [7, 11) is 0. The van der Waals surface area contributed by atoms with Gasteiger partial charge in [-0.05, 0) is 41.5 Å². The zero-order chi connectivity index (χ0) is 22.4. The van der Waals surface area contributed by atoms with Crippen molar-refractivity contribution in [1.82, 2.24) is 14.8 Å². The van der Waals surface area contributed by atoms with Crippen molar-refractivity contribution in [2.45, 2.75) is 52.7 Å². The van der Waals surface area contributed by atoms with Gasteiger partial charge in [-0.15, -0.1) is 0 Å². The lowest BCUT2D eigenvalue weighted by Crippen LogP contribution is -2.44. The normalized spacial score (nSPS) is 14.3. The van der Waals surface area contributed by atoms with Crippen LogP contribution in [0.3, 0.4) is 0 Å². The van der Waals surface area contributed by atoms with Crippen molar-refractivity contribution in [2.24, 2.45) is 6.98 Å². The van der Waals surface area contributed by atoms with Crippen molar-refractivity contribution < 1.29 is 23.2 Å². The number of aromatic nitrogens is 3. The van der Waals surface area contributed by atoms with Crippen LogP contribution in [0.1, 0.15) is 45.7 Å². The maximum atomic E-state index is 12.9. The molecule has 0 aromatic carbocycles.